The number of alkyl carbamates (subject to hydrolysis) is 1. The van der Waals surface area contributed by atoms with E-state index in [-0.39, 0.29) is 18.7 Å². The van der Waals surface area contributed by atoms with Gasteiger partial charge in [-0.15, -0.1) is 0 Å². The van der Waals surface area contributed by atoms with Crippen LogP contribution >= 0.6 is 0 Å². The van der Waals surface area contributed by atoms with E-state index in [0.717, 1.165) is 12.2 Å². The highest BCUT2D eigenvalue weighted by atomic mass is 16.6. The van der Waals surface area contributed by atoms with E-state index in [9.17, 15) is 14.4 Å². The second-order valence-electron chi connectivity index (χ2n) is 4.21. The smallest absolute Gasteiger partial charge is 0.409 e. The van der Waals surface area contributed by atoms with Crippen LogP contribution in [-0.2, 0) is 19.1 Å². The molecular weight excluding hydrogens is 268 g/mol. The molecule has 0 aromatic rings. The molecule has 0 bridgehead atoms. The maximum atomic E-state index is 11.6. The minimum absolute atomic E-state index is 0.0795. The Labute approximate surface area is 116 Å². The minimum atomic E-state index is -1.16. The number of piperidine rings is 1. The van der Waals surface area contributed by atoms with Gasteiger partial charge in [0.15, 0.2) is 0 Å². The van der Waals surface area contributed by atoms with Crippen LogP contribution in [0.1, 0.15) is 12.8 Å². The first-order valence-electron chi connectivity index (χ1n) is 6.16. The van der Waals surface area contributed by atoms with E-state index >= 15 is 0 Å². The summed E-state index contributed by atoms with van der Waals surface area (Å²) in [7, 11) is 1.45. The van der Waals surface area contributed by atoms with Gasteiger partial charge in [0.25, 0.3) is 0 Å². The molecule has 20 heavy (non-hydrogen) atoms. The molecule has 112 valence electrons. The Morgan fingerprint density at radius 3 is 2.50 bits per heavy atom. The number of rotatable bonds is 5. The average molecular weight is 286 g/mol. The van der Waals surface area contributed by atoms with Gasteiger partial charge in [-0.2, -0.15) is 0 Å². The van der Waals surface area contributed by atoms with Gasteiger partial charge < -0.3 is 19.5 Å². The SMILES string of the molecule is COCNC(=O)OC1CCN(C(=O)/C=C\C(=O)O)CC1. The molecule has 1 saturated heterocycles. The van der Waals surface area contributed by atoms with Crippen LogP contribution in [0.25, 0.3) is 0 Å². The summed E-state index contributed by atoms with van der Waals surface area (Å²) in [4.78, 5) is 34.7. The number of ether oxygens (including phenoxy) is 2. The van der Waals surface area contributed by atoms with Gasteiger partial charge in [-0.25, -0.2) is 9.59 Å². The van der Waals surface area contributed by atoms with Gasteiger partial charge in [0, 0.05) is 45.2 Å². The summed E-state index contributed by atoms with van der Waals surface area (Å²) in [6.07, 6.45) is 2.07. The highest BCUT2D eigenvalue weighted by Gasteiger charge is 2.24. The number of aliphatic carboxylic acids is 1. The van der Waals surface area contributed by atoms with E-state index in [1.807, 2.05) is 0 Å². The number of carboxylic acid groups (broad SMARTS) is 1. The Kier molecular flexibility index (Phi) is 6.51. The Bertz CT molecular complexity index is 387. The summed E-state index contributed by atoms with van der Waals surface area (Å²) >= 11 is 0. The van der Waals surface area contributed by atoms with Crippen LogP contribution in [0.3, 0.4) is 0 Å². The van der Waals surface area contributed by atoms with E-state index in [0.29, 0.717) is 25.9 Å². The largest absolute Gasteiger partial charge is 0.478 e. The van der Waals surface area contributed by atoms with Crippen molar-refractivity contribution >= 4 is 18.0 Å². The molecule has 0 unspecified atom stereocenters. The molecule has 8 nitrogen and oxygen atoms in total. The fourth-order valence-electron chi connectivity index (χ4n) is 1.77. The molecule has 0 aliphatic carbocycles. The lowest BCUT2D eigenvalue weighted by molar-refractivity contribution is -0.132. The molecule has 0 atom stereocenters. The van der Waals surface area contributed by atoms with Crippen molar-refractivity contribution in [1.29, 1.82) is 0 Å². The van der Waals surface area contributed by atoms with Gasteiger partial charge >= 0.3 is 12.1 Å². The number of carbonyl (C=O) groups excluding carboxylic acids is 2. The summed E-state index contributed by atoms with van der Waals surface area (Å²) < 4.78 is 9.82. The number of likely N-dealkylation sites (tertiary alicyclic amines) is 1. The molecule has 1 aliphatic heterocycles. The predicted octanol–water partition coefficient (Wildman–Crippen LogP) is -0.0517. The number of carboxylic acids is 1. The zero-order valence-corrected chi connectivity index (χ0v) is 11.2. The zero-order valence-electron chi connectivity index (χ0n) is 11.2. The number of nitrogens with zero attached hydrogens (tertiary/aromatic N) is 1. The van der Waals surface area contributed by atoms with Crippen LogP contribution < -0.4 is 5.32 Å². The van der Waals surface area contributed by atoms with Gasteiger partial charge in [-0.05, 0) is 0 Å². The number of nitrogens with one attached hydrogen (secondary N) is 1. The fourth-order valence-corrected chi connectivity index (χ4v) is 1.77. The Hall–Kier alpha value is -2.09. The summed E-state index contributed by atoms with van der Waals surface area (Å²) in [5.41, 5.74) is 0. The zero-order chi connectivity index (χ0) is 15.0. The fraction of sp³-hybridized carbons (Fsp3) is 0.583. The highest BCUT2D eigenvalue weighted by Crippen LogP contribution is 2.14. The lowest BCUT2D eigenvalue weighted by atomic mass is 10.1. The summed E-state index contributed by atoms with van der Waals surface area (Å²) in [6, 6.07) is 0. The van der Waals surface area contributed by atoms with E-state index in [2.05, 4.69) is 10.1 Å². The van der Waals surface area contributed by atoms with Crippen molar-refractivity contribution in [2.45, 2.75) is 18.9 Å². The Balaban J connectivity index is 2.31. The normalized spacial score (nSPS) is 16.1. The summed E-state index contributed by atoms with van der Waals surface area (Å²) in [5.74, 6) is -1.51. The molecule has 1 rings (SSSR count). The van der Waals surface area contributed by atoms with E-state index in [1.165, 1.54) is 12.0 Å². The highest BCUT2D eigenvalue weighted by molar-refractivity contribution is 5.93. The molecule has 0 aromatic carbocycles. The Morgan fingerprint density at radius 2 is 1.95 bits per heavy atom. The van der Waals surface area contributed by atoms with Crippen LogP contribution in [0.2, 0.25) is 0 Å². The molecule has 1 fully saturated rings. The van der Waals surface area contributed by atoms with Crippen molar-refractivity contribution in [2.75, 3.05) is 26.9 Å². The number of amides is 2. The molecule has 0 radical (unpaired) electrons. The third-order valence-electron chi connectivity index (χ3n) is 2.76. The van der Waals surface area contributed by atoms with Gasteiger partial charge in [-0.3, -0.25) is 10.1 Å². The number of hydrogen-bond acceptors (Lipinski definition) is 5. The minimum Gasteiger partial charge on any atom is -0.478 e. The van der Waals surface area contributed by atoms with E-state index < -0.39 is 12.1 Å². The maximum Gasteiger partial charge on any atom is 0.409 e. The average Bonchev–Trinajstić information content (AvgIpc) is 2.43. The van der Waals surface area contributed by atoms with Crippen molar-refractivity contribution in [3.05, 3.63) is 12.2 Å². The first-order chi connectivity index (χ1) is 9.52. The second-order valence-corrected chi connectivity index (χ2v) is 4.21. The van der Waals surface area contributed by atoms with Crippen LogP contribution in [0.15, 0.2) is 12.2 Å². The molecule has 8 heteroatoms. The lowest BCUT2D eigenvalue weighted by Crippen LogP contribution is -2.42. The van der Waals surface area contributed by atoms with Crippen LogP contribution in [0.5, 0.6) is 0 Å². The maximum absolute atomic E-state index is 11.6. The molecule has 2 N–H and O–H groups in total. The third kappa shape index (κ3) is 5.70. The standard InChI is InChI=1S/C12H18N2O6/c1-19-8-13-12(18)20-9-4-6-14(7-5-9)10(15)2-3-11(16)17/h2-3,9H,4-8H2,1H3,(H,13,18)(H,16,17)/b3-2-. The molecule has 0 aromatic heterocycles. The van der Waals surface area contributed by atoms with E-state index in [1.54, 1.807) is 0 Å². The van der Waals surface area contributed by atoms with Gasteiger partial charge in [0.2, 0.25) is 5.91 Å². The number of hydrogen-bond donors (Lipinski definition) is 2. The monoisotopic (exact) mass is 286 g/mol. The molecule has 2 amide bonds. The second kappa shape index (κ2) is 8.16. The lowest BCUT2D eigenvalue weighted by Gasteiger charge is -2.30. The topological polar surface area (TPSA) is 105 Å². The summed E-state index contributed by atoms with van der Waals surface area (Å²) in [5, 5.41) is 10.8. The quantitative estimate of drug-likeness (QED) is 0.542. The first kappa shape index (κ1) is 16.0. The predicted molar refractivity (Wildman–Crippen MR) is 67.9 cm³/mol. The van der Waals surface area contributed by atoms with Crippen LogP contribution in [0.4, 0.5) is 4.79 Å². The number of methoxy groups -OCH3 is 1. The molecular formula is C12H18N2O6. The molecule has 1 heterocycles. The molecule has 1 aliphatic rings. The van der Waals surface area contributed by atoms with Gasteiger partial charge in [0.05, 0.1) is 0 Å². The summed E-state index contributed by atoms with van der Waals surface area (Å²) in [6.45, 7) is 0.923. The van der Waals surface area contributed by atoms with Crippen molar-refractivity contribution < 1.29 is 29.0 Å². The third-order valence-corrected chi connectivity index (χ3v) is 2.76. The van der Waals surface area contributed by atoms with Crippen LogP contribution in [-0.4, -0.2) is 61.0 Å². The van der Waals surface area contributed by atoms with E-state index in [4.69, 9.17) is 9.84 Å². The molecule has 0 spiro atoms. The van der Waals surface area contributed by atoms with Crippen LogP contribution in [0, 0.1) is 0 Å². The van der Waals surface area contributed by atoms with Crippen molar-refractivity contribution in [3.63, 3.8) is 0 Å². The van der Waals surface area contributed by atoms with Crippen molar-refractivity contribution in [2.24, 2.45) is 0 Å². The first-order valence-corrected chi connectivity index (χ1v) is 6.16. The molecule has 0 saturated carbocycles. The van der Waals surface area contributed by atoms with Crippen molar-refractivity contribution in [3.8, 4) is 0 Å². The van der Waals surface area contributed by atoms with Gasteiger partial charge in [0.1, 0.15) is 12.8 Å². The Morgan fingerprint density at radius 1 is 1.30 bits per heavy atom. The van der Waals surface area contributed by atoms with Gasteiger partial charge in [-0.1, -0.05) is 0 Å². The number of carbonyl (C=O) groups is 3. The van der Waals surface area contributed by atoms with Crippen molar-refractivity contribution in [1.82, 2.24) is 10.2 Å².